The summed E-state index contributed by atoms with van der Waals surface area (Å²) in [4.78, 5) is 55.9. The van der Waals surface area contributed by atoms with E-state index in [-0.39, 0.29) is 36.5 Å². The number of nitrogens with zero attached hydrogens (tertiary/aromatic N) is 1. The average molecular weight is 662 g/mol. The van der Waals surface area contributed by atoms with Crippen LogP contribution in [0.2, 0.25) is 0 Å². The molecule has 1 unspecified atom stereocenters. The first-order valence-electron chi connectivity index (χ1n) is 16.6. The van der Waals surface area contributed by atoms with Crippen LogP contribution in [0.5, 0.6) is 0 Å². The molecule has 1 fully saturated rings. The van der Waals surface area contributed by atoms with Crippen molar-refractivity contribution in [3.8, 4) is 0 Å². The van der Waals surface area contributed by atoms with E-state index in [9.17, 15) is 19.2 Å². The first-order chi connectivity index (χ1) is 23.0. The zero-order chi connectivity index (χ0) is 35.1. The molecule has 0 spiro atoms. The van der Waals surface area contributed by atoms with Gasteiger partial charge in [-0.25, -0.2) is 0 Å². The fourth-order valence-electron chi connectivity index (χ4n) is 5.94. The number of nitrogens with one attached hydrogen (secondary N) is 6. The van der Waals surface area contributed by atoms with Crippen molar-refractivity contribution in [1.29, 1.82) is 10.8 Å². The summed E-state index contributed by atoms with van der Waals surface area (Å²) in [7, 11) is 3.16. The Morgan fingerprint density at radius 2 is 1.48 bits per heavy atom. The van der Waals surface area contributed by atoms with Gasteiger partial charge in [0.1, 0.15) is 23.8 Å². The lowest BCUT2D eigenvalue weighted by molar-refractivity contribution is -0.142. The Hall–Kier alpha value is -4.94. The summed E-state index contributed by atoms with van der Waals surface area (Å²) in [6.45, 7) is 0.731. The van der Waals surface area contributed by atoms with Gasteiger partial charge in [-0.2, -0.15) is 0 Å². The highest BCUT2D eigenvalue weighted by Gasteiger charge is 2.37. The minimum Gasteiger partial charge on any atom is -0.384 e. The molecular formula is C35H51N9O4. The molecule has 3 atom stereocenters. The predicted octanol–water partition coefficient (Wildman–Crippen LogP) is 1.39. The van der Waals surface area contributed by atoms with Gasteiger partial charge in [-0.3, -0.25) is 30.0 Å². The van der Waals surface area contributed by atoms with Crippen molar-refractivity contribution in [2.45, 2.75) is 69.9 Å². The maximum Gasteiger partial charge on any atom is 0.243 e. The minimum absolute atomic E-state index is 0.0835. The van der Waals surface area contributed by atoms with E-state index < -0.39 is 35.7 Å². The molecule has 0 bridgehead atoms. The van der Waals surface area contributed by atoms with Crippen LogP contribution >= 0.6 is 0 Å². The lowest BCUT2D eigenvalue weighted by Gasteiger charge is -2.32. The van der Waals surface area contributed by atoms with Gasteiger partial charge in [0, 0.05) is 32.7 Å². The Labute approximate surface area is 283 Å². The molecule has 0 saturated heterocycles. The van der Waals surface area contributed by atoms with Crippen LogP contribution in [0.3, 0.4) is 0 Å². The molecule has 13 heteroatoms. The van der Waals surface area contributed by atoms with Crippen LogP contribution in [-0.2, 0) is 32.0 Å². The van der Waals surface area contributed by atoms with Crippen molar-refractivity contribution < 1.29 is 19.2 Å². The van der Waals surface area contributed by atoms with Gasteiger partial charge in [0.25, 0.3) is 0 Å². The van der Waals surface area contributed by atoms with Crippen molar-refractivity contribution in [2.24, 2.45) is 23.3 Å². The number of nitrogen functional groups attached to an aromatic ring is 1. The van der Waals surface area contributed by atoms with Crippen LogP contribution in [0.15, 0.2) is 54.6 Å². The Kier molecular flexibility index (Phi) is 14.9. The number of hydrogen-bond donors (Lipinski definition) is 8. The van der Waals surface area contributed by atoms with E-state index in [1.54, 1.807) is 38.4 Å². The molecule has 2 aromatic carbocycles. The molecule has 0 aromatic heterocycles. The third-order valence-corrected chi connectivity index (χ3v) is 8.64. The number of benzene rings is 2. The molecule has 48 heavy (non-hydrogen) atoms. The summed E-state index contributed by atoms with van der Waals surface area (Å²) in [6, 6.07) is 14.7. The first kappa shape index (κ1) is 37.5. The Balaban J connectivity index is 1.79. The van der Waals surface area contributed by atoms with Crippen LogP contribution in [-0.4, -0.2) is 79.6 Å². The molecule has 4 amide bonds. The first-order valence-corrected chi connectivity index (χ1v) is 16.6. The maximum absolute atomic E-state index is 14.0. The minimum atomic E-state index is -1.10. The van der Waals surface area contributed by atoms with E-state index in [1.807, 2.05) is 30.3 Å². The highest BCUT2D eigenvalue weighted by atomic mass is 16.2. The molecule has 13 nitrogen and oxygen atoms in total. The van der Waals surface area contributed by atoms with Crippen LogP contribution in [0.25, 0.3) is 0 Å². The molecule has 0 radical (unpaired) electrons. The number of hydrogen-bond acceptors (Lipinski definition) is 6. The topological polar surface area (TPSA) is 219 Å². The standard InChI is InChI=1S/C35H51N9O4/c1-44(2)34(48)27(22-24-15-17-26(18-16-24)30(36)37)31(45)43-29(25-12-7-4-8-13-25)33(47)42-28(14-9-20-41-35(38)39)32(46)40-21-19-23-10-5-3-6-11-23/h3,5-6,10-11,15-18,25,27-29H,4,7-9,12-14,19-22H2,1-2H3,(H3,36,37)(H,40,46)(H,42,47)(H,43,45)(H4,38,39,41)/t27?,28-,29-/m0/s1. The van der Waals surface area contributed by atoms with Gasteiger partial charge in [-0.1, -0.05) is 73.9 Å². The molecule has 10 N–H and O–H groups in total. The summed E-state index contributed by atoms with van der Waals surface area (Å²) in [6.07, 6.45) is 5.77. The van der Waals surface area contributed by atoms with Gasteiger partial charge in [-0.15, -0.1) is 0 Å². The van der Waals surface area contributed by atoms with Gasteiger partial charge in [0.2, 0.25) is 23.6 Å². The molecule has 0 heterocycles. The lowest BCUT2D eigenvalue weighted by Crippen LogP contribution is -2.58. The second-order valence-electron chi connectivity index (χ2n) is 12.6. The van der Waals surface area contributed by atoms with E-state index in [4.69, 9.17) is 22.3 Å². The molecule has 1 aliphatic carbocycles. The number of carbonyl (C=O) groups excluding carboxylic acids is 4. The number of amidine groups is 1. The second kappa shape index (κ2) is 19.0. The largest absolute Gasteiger partial charge is 0.384 e. The Bertz CT molecular complexity index is 1390. The quantitative estimate of drug-likeness (QED) is 0.0538. The van der Waals surface area contributed by atoms with Gasteiger partial charge in [0.05, 0.1) is 0 Å². The van der Waals surface area contributed by atoms with Gasteiger partial charge >= 0.3 is 0 Å². The van der Waals surface area contributed by atoms with E-state index >= 15 is 0 Å². The molecule has 0 aliphatic heterocycles. The lowest BCUT2D eigenvalue weighted by atomic mass is 9.83. The predicted molar refractivity (Wildman–Crippen MR) is 186 cm³/mol. The number of amides is 4. The Morgan fingerprint density at radius 3 is 2.08 bits per heavy atom. The molecule has 2 aromatic rings. The van der Waals surface area contributed by atoms with Crippen molar-refractivity contribution >= 4 is 35.4 Å². The Morgan fingerprint density at radius 1 is 0.812 bits per heavy atom. The second-order valence-corrected chi connectivity index (χ2v) is 12.6. The third kappa shape index (κ3) is 12.0. The smallest absolute Gasteiger partial charge is 0.243 e. The SMILES string of the molecule is CN(C)C(=O)C(Cc1ccc(C(=N)N)cc1)C(=O)N[C@H](C(=O)N[C@@H](CCCNC(=N)N)C(=O)NCCc1ccccc1)C1CCCCC1. The van der Waals surface area contributed by atoms with Gasteiger partial charge in [-0.05, 0) is 55.6 Å². The zero-order valence-corrected chi connectivity index (χ0v) is 28.0. The van der Waals surface area contributed by atoms with Crippen molar-refractivity contribution in [3.63, 3.8) is 0 Å². The average Bonchev–Trinajstić information content (AvgIpc) is 3.07. The molecule has 1 saturated carbocycles. The van der Waals surface area contributed by atoms with Crippen LogP contribution in [0.1, 0.15) is 61.6 Å². The van der Waals surface area contributed by atoms with Gasteiger partial charge in [0.15, 0.2) is 5.96 Å². The summed E-state index contributed by atoms with van der Waals surface area (Å²) in [5.74, 6) is -3.31. The van der Waals surface area contributed by atoms with E-state index in [1.165, 1.54) is 4.90 Å². The van der Waals surface area contributed by atoms with E-state index in [0.29, 0.717) is 37.1 Å². The normalized spacial score (nSPS) is 14.9. The number of guanidine groups is 1. The van der Waals surface area contributed by atoms with Crippen LogP contribution < -0.4 is 32.7 Å². The summed E-state index contributed by atoms with van der Waals surface area (Å²) in [5, 5.41) is 26.5. The molecule has 3 rings (SSSR count). The molecular weight excluding hydrogens is 610 g/mol. The maximum atomic E-state index is 14.0. The number of nitrogens with two attached hydrogens (primary N) is 2. The zero-order valence-electron chi connectivity index (χ0n) is 28.0. The van der Waals surface area contributed by atoms with Crippen LogP contribution in [0.4, 0.5) is 0 Å². The van der Waals surface area contributed by atoms with Gasteiger partial charge < -0.3 is 37.6 Å². The molecule has 1 aliphatic rings. The monoisotopic (exact) mass is 661 g/mol. The summed E-state index contributed by atoms with van der Waals surface area (Å²) in [5.41, 5.74) is 13.3. The number of rotatable bonds is 17. The summed E-state index contributed by atoms with van der Waals surface area (Å²) >= 11 is 0. The summed E-state index contributed by atoms with van der Waals surface area (Å²) < 4.78 is 0. The van der Waals surface area contributed by atoms with E-state index in [2.05, 4.69) is 21.3 Å². The number of carbonyl (C=O) groups is 4. The highest BCUT2D eigenvalue weighted by Crippen LogP contribution is 2.27. The fraction of sp³-hybridized carbons (Fsp3) is 0.486. The van der Waals surface area contributed by atoms with Crippen molar-refractivity contribution in [2.75, 3.05) is 27.2 Å². The van der Waals surface area contributed by atoms with Crippen molar-refractivity contribution in [1.82, 2.24) is 26.2 Å². The van der Waals surface area contributed by atoms with E-state index in [0.717, 1.165) is 37.7 Å². The third-order valence-electron chi connectivity index (χ3n) is 8.64. The highest BCUT2D eigenvalue weighted by molar-refractivity contribution is 6.02. The van der Waals surface area contributed by atoms with Crippen LogP contribution in [0, 0.1) is 22.7 Å². The van der Waals surface area contributed by atoms with Crippen molar-refractivity contribution in [3.05, 3.63) is 71.3 Å². The molecule has 260 valence electrons. The fourth-order valence-corrected chi connectivity index (χ4v) is 5.94.